The Morgan fingerprint density at radius 3 is 2.37 bits per heavy atom. The summed E-state index contributed by atoms with van der Waals surface area (Å²) in [6.07, 6.45) is 0. The van der Waals surface area contributed by atoms with Crippen LogP contribution in [-0.2, 0) is 9.31 Å². The summed E-state index contributed by atoms with van der Waals surface area (Å²) in [5.41, 5.74) is 1.37. The number of hydrogen-bond acceptors (Lipinski definition) is 2. The summed E-state index contributed by atoms with van der Waals surface area (Å²) in [5.74, 6) is 6.09. The van der Waals surface area contributed by atoms with Gasteiger partial charge in [0.25, 0.3) is 0 Å². The van der Waals surface area contributed by atoms with Gasteiger partial charge in [-0.25, -0.2) is 0 Å². The fourth-order valence-electron chi connectivity index (χ4n) is 1.88. The van der Waals surface area contributed by atoms with E-state index < -0.39 is 0 Å². The fraction of sp³-hybridized carbons (Fsp3) is 0.467. The van der Waals surface area contributed by atoms with E-state index in [-0.39, 0.29) is 18.3 Å². The molecule has 0 amide bonds. The van der Waals surface area contributed by atoms with Crippen molar-refractivity contribution in [2.24, 2.45) is 0 Å². The van der Waals surface area contributed by atoms with E-state index in [9.17, 15) is 0 Å². The maximum atomic E-state index is 6.03. The smallest absolute Gasteiger partial charge is 0.399 e. The van der Waals surface area contributed by atoms with Gasteiger partial charge in [-0.05, 0) is 45.3 Å². The van der Waals surface area contributed by atoms with Gasteiger partial charge in [0.1, 0.15) is 0 Å². The molecule has 1 heterocycles. The fourth-order valence-corrected chi connectivity index (χ4v) is 2.02. The Balaban J connectivity index is 2.25. The minimum atomic E-state index is -0.323. The Morgan fingerprint density at radius 1 is 1.16 bits per heavy atom. The van der Waals surface area contributed by atoms with Crippen LogP contribution in [0.3, 0.4) is 0 Å². The second-order valence-electron chi connectivity index (χ2n) is 5.65. The van der Waals surface area contributed by atoms with E-state index in [1.807, 2.05) is 24.3 Å². The van der Waals surface area contributed by atoms with Gasteiger partial charge >= 0.3 is 7.12 Å². The summed E-state index contributed by atoms with van der Waals surface area (Å²) in [6, 6.07) is 8.02. The molecule has 0 aromatic heterocycles. The molecule has 2 rings (SSSR count). The zero-order valence-corrected chi connectivity index (χ0v) is 13.4. The molecule has 1 saturated heterocycles. The standard InChI is InChI=1S/C15H18BBrO2/c1-14(2)15(3,4)19-16(18-14)13-9-5-7-12(11-13)8-6-10-17/h5,7,9,11H,10H2,1-4H3. The SMILES string of the molecule is CC1(C)OB(c2cccc(C#CCBr)c2)OC1(C)C. The maximum Gasteiger partial charge on any atom is 0.494 e. The highest BCUT2D eigenvalue weighted by atomic mass is 79.9. The third-order valence-corrected chi connectivity index (χ3v) is 3.99. The van der Waals surface area contributed by atoms with Gasteiger partial charge in [-0.1, -0.05) is 39.9 Å². The molecule has 1 aliphatic rings. The average molecular weight is 321 g/mol. The first-order valence-electron chi connectivity index (χ1n) is 6.36. The molecule has 0 bridgehead atoms. The Morgan fingerprint density at radius 2 is 1.79 bits per heavy atom. The summed E-state index contributed by atoms with van der Waals surface area (Å²) in [5, 5.41) is 0.674. The third kappa shape index (κ3) is 3.05. The van der Waals surface area contributed by atoms with E-state index in [1.165, 1.54) is 0 Å². The van der Waals surface area contributed by atoms with Crippen LogP contribution >= 0.6 is 15.9 Å². The summed E-state index contributed by atoms with van der Waals surface area (Å²) in [4.78, 5) is 0. The lowest BCUT2D eigenvalue weighted by Gasteiger charge is -2.32. The van der Waals surface area contributed by atoms with Gasteiger partial charge in [-0.15, -0.1) is 0 Å². The van der Waals surface area contributed by atoms with Crippen molar-refractivity contribution >= 4 is 28.5 Å². The van der Waals surface area contributed by atoms with Gasteiger partial charge in [0, 0.05) is 5.56 Å². The van der Waals surface area contributed by atoms with Crippen LogP contribution in [-0.4, -0.2) is 23.7 Å². The van der Waals surface area contributed by atoms with E-state index >= 15 is 0 Å². The minimum absolute atomic E-state index is 0.310. The normalized spacial score (nSPS) is 19.9. The molecule has 0 aliphatic carbocycles. The van der Waals surface area contributed by atoms with Crippen molar-refractivity contribution in [2.75, 3.05) is 5.33 Å². The summed E-state index contributed by atoms with van der Waals surface area (Å²) in [7, 11) is -0.323. The van der Waals surface area contributed by atoms with E-state index in [4.69, 9.17) is 9.31 Å². The largest absolute Gasteiger partial charge is 0.494 e. The topological polar surface area (TPSA) is 18.5 Å². The molecule has 1 aliphatic heterocycles. The van der Waals surface area contributed by atoms with Crippen LogP contribution in [0.4, 0.5) is 0 Å². The molecule has 0 N–H and O–H groups in total. The second-order valence-corrected chi connectivity index (χ2v) is 6.21. The van der Waals surface area contributed by atoms with Crippen molar-refractivity contribution in [3.63, 3.8) is 0 Å². The molecule has 0 radical (unpaired) electrons. The molecule has 0 saturated carbocycles. The van der Waals surface area contributed by atoms with Crippen molar-refractivity contribution in [3.8, 4) is 11.8 Å². The Hall–Kier alpha value is -0.755. The molecule has 4 heteroatoms. The monoisotopic (exact) mass is 320 g/mol. The first-order chi connectivity index (χ1) is 8.86. The number of benzene rings is 1. The zero-order valence-electron chi connectivity index (χ0n) is 11.8. The molecule has 100 valence electrons. The molecular formula is C15H18BBrO2. The predicted octanol–water partition coefficient (Wildman–Crippen LogP) is 2.73. The lowest BCUT2D eigenvalue weighted by molar-refractivity contribution is 0.00578. The van der Waals surface area contributed by atoms with Crippen LogP contribution < -0.4 is 5.46 Å². The van der Waals surface area contributed by atoms with Crippen molar-refractivity contribution in [3.05, 3.63) is 29.8 Å². The van der Waals surface area contributed by atoms with E-state index in [0.717, 1.165) is 11.0 Å². The van der Waals surface area contributed by atoms with Gasteiger partial charge < -0.3 is 9.31 Å². The van der Waals surface area contributed by atoms with E-state index in [1.54, 1.807) is 0 Å². The van der Waals surface area contributed by atoms with Gasteiger partial charge in [-0.2, -0.15) is 0 Å². The summed E-state index contributed by atoms with van der Waals surface area (Å²) < 4.78 is 12.1. The average Bonchev–Trinajstić information content (AvgIpc) is 2.56. The minimum Gasteiger partial charge on any atom is -0.399 e. The van der Waals surface area contributed by atoms with Crippen molar-refractivity contribution in [1.29, 1.82) is 0 Å². The van der Waals surface area contributed by atoms with Crippen molar-refractivity contribution < 1.29 is 9.31 Å². The molecule has 2 nitrogen and oxygen atoms in total. The van der Waals surface area contributed by atoms with Crippen molar-refractivity contribution in [1.82, 2.24) is 0 Å². The number of alkyl halides is 1. The molecule has 0 spiro atoms. The maximum absolute atomic E-state index is 6.03. The van der Waals surface area contributed by atoms with E-state index in [2.05, 4.69) is 55.5 Å². The second kappa shape index (κ2) is 5.32. The quantitative estimate of drug-likeness (QED) is 0.450. The molecular weight excluding hydrogens is 303 g/mol. The highest BCUT2D eigenvalue weighted by molar-refractivity contribution is 9.09. The van der Waals surface area contributed by atoms with Crippen molar-refractivity contribution in [2.45, 2.75) is 38.9 Å². The lowest BCUT2D eigenvalue weighted by atomic mass is 9.78. The molecule has 1 fully saturated rings. The van der Waals surface area contributed by atoms with Crippen LogP contribution in [0.1, 0.15) is 33.3 Å². The highest BCUT2D eigenvalue weighted by Gasteiger charge is 2.51. The Labute approximate surface area is 124 Å². The molecule has 0 atom stereocenters. The predicted molar refractivity (Wildman–Crippen MR) is 82.8 cm³/mol. The third-order valence-electron chi connectivity index (χ3n) is 3.71. The summed E-state index contributed by atoms with van der Waals surface area (Å²) >= 11 is 3.30. The van der Waals surface area contributed by atoms with Crippen LogP contribution in [0.25, 0.3) is 0 Å². The molecule has 0 unspecified atom stereocenters. The zero-order chi connectivity index (χ0) is 14.1. The number of halogens is 1. The summed E-state index contributed by atoms with van der Waals surface area (Å²) in [6.45, 7) is 8.23. The lowest BCUT2D eigenvalue weighted by Crippen LogP contribution is -2.41. The Bertz CT molecular complexity index is 512. The highest BCUT2D eigenvalue weighted by Crippen LogP contribution is 2.36. The molecule has 1 aromatic rings. The van der Waals surface area contributed by atoms with Crippen LogP contribution in [0.5, 0.6) is 0 Å². The van der Waals surface area contributed by atoms with Gasteiger partial charge in [0.15, 0.2) is 0 Å². The van der Waals surface area contributed by atoms with Crippen LogP contribution in [0.2, 0.25) is 0 Å². The van der Waals surface area contributed by atoms with Crippen LogP contribution in [0, 0.1) is 11.8 Å². The van der Waals surface area contributed by atoms with E-state index in [0.29, 0.717) is 5.33 Å². The molecule has 19 heavy (non-hydrogen) atoms. The van der Waals surface area contributed by atoms with Gasteiger partial charge in [-0.3, -0.25) is 0 Å². The van der Waals surface area contributed by atoms with Gasteiger partial charge in [0.2, 0.25) is 0 Å². The number of rotatable bonds is 1. The first kappa shape index (κ1) is 14.6. The van der Waals surface area contributed by atoms with Gasteiger partial charge in [0.05, 0.1) is 16.5 Å². The van der Waals surface area contributed by atoms with Crippen LogP contribution in [0.15, 0.2) is 24.3 Å². The first-order valence-corrected chi connectivity index (χ1v) is 7.48. The Kier molecular flexibility index (Phi) is 4.10. The number of hydrogen-bond donors (Lipinski definition) is 0. The molecule has 1 aromatic carbocycles.